The van der Waals surface area contributed by atoms with E-state index in [1.807, 2.05) is 23.5 Å². The molecule has 0 aliphatic carbocycles. The zero-order valence-electron chi connectivity index (χ0n) is 20.8. The van der Waals surface area contributed by atoms with Crippen LogP contribution in [0.4, 0.5) is 17.1 Å². The van der Waals surface area contributed by atoms with E-state index in [1.54, 1.807) is 0 Å². The van der Waals surface area contributed by atoms with Crippen molar-refractivity contribution in [2.75, 3.05) is 4.90 Å². The summed E-state index contributed by atoms with van der Waals surface area (Å²) in [6.07, 6.45) is 0. The van der Waals surface area contributed by atoms with Gasteiger partial charge in [-0.15, -0.1) is 11.3 Å². The van der Waals surface area contributed by atoms with E-state index in [1.165, 1.54) is 36.5 Å². The molecule has 0 aliphatic heterocycles. The summed E-state index contributed by atoms with van der Waals surface area (Å²) >= 11 is 1.86. The molecule has 2 aromatic heterocycles. The number of anilines is 3. The van der Waals surface area contributed by atoms with Crippen molar-refractivity contribution in [1.29, 1.82) is 0 Å². The zero-order valence-corrected chi connectivity index (χ0v) is 21.6. The van der Waals surface area contributed by atoms with Crippen molar-refractivity contribution in [2.45, 2.75) is 6.92 Å². The Bertz CT molecular complexity index is 2150. The van der Waals surface area contributed by atoms with Crippen LogP contribution in [0.2, 0.25) is 0 Å². The molecule has 0 aliphatic rings. The van der Waals surface area contributed by atoms with Crippen LogP contribution in [-0.4, -0.2) is 0 Å². The monoisotopic (exact) mass is 505 g/mol. The van der Waals surface area contributed by atoms with Crippen LogP contribution in [0.5, 0.6) is 0 Å². The number of para-hydroxylation sites is 2. The van der Waals surface area contributed by atoms with Gasteiger partial charge >= 0.3 is 0 Å². The van der Waals surface area contributed by atoms with E-state index in [9.17, 15) is 0 Å². The quantitative estimate of drug-likeness (QED) is 0.237. The molecule has 2 heterocycles. The first-order chi connectivity index (χ1) is 18.7. The minimum Gasteiger partial charge on any atom is -0.454 e. The molecule has 3 heteroatoms. The second kappa shape index (κ2) is 8.20. The fraction of sp³-hybridized carbons (Fsp3) is 0.0286. The topological polar surface area (TPSA) is 16.4 Å². The number of hydrogen-bond acceptors (Lipinski definition) is 3. The molecule has 6 aromatic carbocycles. The number of thiophene rings is 1. The SMILES string of the molecule is Cc1ccc(N(c2ccc3sc4ccc5ccccc5c4c3c2)c2cccc3c2oc2ccccc23)cc1. The van der Waals surface area contributed by atoms with Crippen LogP contribution in [0.1, 0.15) is 5.56 Å². The van der Waals surface area contributed by atoms with E-state index in [4.69, 9.17) is 4.42 Å². The molecule has 2 nitrogen and oxygen atoms in total. The van der Waals surface area contributed by atoms with Crippen LogP contribution >= 0.6 is 11.3 Å². The molecule has 0 bridgehead atoms. The molecular formula is C35H23NOS. The maximum absolute atomic E-state index is 6.49. The number of furan rings is 1. The van der Waals surface area contributed by atoms with Gasteiger partial charge in [0.15, 0.2) is 5.58 Å². The highest BCUT2D eigenvalue weighted by molar-refractivity contribution is 7.26. The van der Waals surface area contributed by atoms with E-state index in [0.29, 0.717) is 0 Å². The van der Waals surface area contributed by atoms with Gasteiger partial charge in [-0.2, -0.15) is 0 Å². The van der Waals surface area contributed by atoms with E-state index in [2.05, 4.69) is 121 Å². The lowest BCUT2D eigenvalue weighted by molar-refractivity contribution is 0.669. The van der Waals surface area contributed by atoms with Gasteiger partial charge in [0.05, 0.1) is 5.69 Å². The predicted molar refractivity (Wildman–Crippen MR) is 164 cm³/mol. The Kier molecular flexibility index (Phi) is 4.64. The first-order valence-corrected chi connectivity index (χ1v) is 13.7. The van der Waals surface area contributed by atoms with Crippen LogP contribution in [0.3, 0.4) is 0 Å². The smallest absolute Gasteiger partial charge is 0.159 e. The molecule has 0 fully saturated rings. The maximum Gasteiger partial charge on any atom is 0.159 e. The third-order valence-electron chi connectivity index (χ3n) is 7.52. The number of benzene rings is 6. The normalized spacial score (nSPS) is 11.8. The lowest BCUT2D eigenvalue weighted by atomic mass is 10.0. The van der Waals surface area contributed by atoms with Gasteiger partial charge < -0.3 is 9.32 Å². The van der Waals surface area contributed by atoms with Crippen LogP contribution in [0.25, 0.3) is 52.9 Å². The number of hydrogen-bond donors (Lipinski definition) is 0. The second-order valence-corrected chi connectivity index (χ2v) is 10.9. The fourth-order valence-corrected chi connectivity index (χ4v) is 6.81. The standard InChI is InChI=1S/C35H23NOS/c1-22-13-16-24(17-14-22)36(30-11-6-10-28-27-9-4-5-12-31(27)37-35(28)30)25-18-20-32-29(21-25)34-26-8-3-2-7-23(26)15-19-33(34)38-32/h2-21H,1H3. The molecule has 0 saturated heterocycles. The molecular weight excluding hydrogens is 482 g/mol. The van der Waals surface area contributed by atoms with E-state index in [-0.39, 0.29) is 0 Å². The summed E-state index contributed by atoms with van der Waals surface area (Å²) in [5, 5.41) is 7.45. The van der Waals surface area contributed by atoms with Gasteiger partial charge in [-0.25, -0.2) is 0 Å². The molecule has 38 heavy (non-hydrogen) atoms. The van der Waals surface area contributed by atoms with Crippen molar-refractivity contribution in [3.8, 4) is 0 Å². The largest absolute Gasteiger partial charge is 0.454 e. The average molecular weight is 506 g/mol. The summed E-state index contributed by atoms with van der Waals surface area (Å²) in [7, 11) is 0. The predicted octanol–water partition coefficient (Wildman–Crippen LogP) is 10.9. The second-order valence-electron chi connectivity index (χ2n) is 9.87. The molecule has 0 unspecified atom stereocenters. The Balaban J connectivity index is 1.44. The number of fused-ring (bicyclic) bond motifs is 8. The van der Waals surface area contributed by atoms with E-state index < -0.39 is 0 Å². The molecule has 8 aromatic rings. The van der Waals surface area contributed by atoms with Crippen molar-refractivity contribution in [2.24, 2.45) is 0 Å². The van der Waals surface area contributed by atoms with Gasteiger partial charge in [-0.05, 0) is 66.2 Å². The summed E-state index contributed by atoms with van der Waals surface area (Å²) in [5.41, 5.74) is 6.29. The summed E-state index contributed by atoms with van der Waals surface area (Å²) in [4.78, 5) is 2.33. The Morgan fingerprint density at radius 1 is 0.579 bits per heavy atom. The summed E-state index contributed by atoms with van der Waals surface area (Å²) in [5.74, 6) is 0. The Hall–Kier alpha value is -4.60. The molecule has 0 radical (unpaired) electrons. The molecule has 0 amide bonds. The van der Waals surface area contributed by atoms with Crippen molar-refractivity contribution < 1.29 is 4.42 Å². The van der Waals surface area contributed by atoms with Crippen molar-refractivity contribution in [3.63, 3.8) is 0 Å². The molecule has 0 atom stereocenters. The zero-order chi connectivity index (χ0) is 25.2. The number of nitrogens with zero attached hydrogens (tertiary/aromatic N) is 1. The van der Waals surface area contributed by atoms with Gasteiger partial charge in [0, 0.05) is 42.3 Å². The molecule has 0 saturated carbocycles. The van der Waals surface area contributed by atoms with Gasteiger partial charge in [0.25, 0.3) is 0 Å². The third-order valence-corrected chi connectivity index (χ3v) is 8.65. The molecule has 8 rings (SSSR count). The molecule has 0 N–H and O–H groups in total. The van der Waals surface area contributed by atoms with Crippen LogP contribution in [0.15, 0.2) is 126 Å². The van der Waals surface area contributed by atoms with Crippen LogP contribution < -0.4 is 4.90 Å². The highest BCUT2D eigenvalue weighted by Crippen LogP contribution is 2.45. The lowest BCUT2D eigenvalue weighted by Crippen LogP contribution is -2.10. The maximum atomic E-state index is 6.49. The number of rotatable bonds is 3. The highest BCUT2D eigenvalue weighted by Gasteiger charge is 2.20. The van der Waals surface area contributed by atoms with E-state index in [0.717, 1.165) is 39.0 Å². The van der Waals surface area contributed by atoms with Gasteiger partial charge in [0.2, 0.25) is 0 Å². The van der Waals surface area contributed by atoms with Crippen LogP contribution in [0, 0.1) is 6.92 Å². The van der Waals surface area contributed by atoms with Gasteiger partial charge in [-0.3, -0.25) is 0 Å². The Morgan fingerprint density at radius 3 is 2.21 bits per heavy atom. The Morgan fingerprint density at radius 2 is 1.32 bits per heavy atom. The molecule has 0 spiro atoms. The minimum absolute atomic E-state index is 0.898. The van der Waals surface area contributed by atoms with Crippen molar-refractivity contribution in [3.05, 3.63) is 127 Å². The van der Waals surface area contributed by atoms with E-state index >= 15 is 0 Å². The molecule has 180 valence electrons. The first-order valence-electron chi connectivity index (χ1n) is 12.9. The third kappa shape index (κ3) is 3.19. The van der Waals surface area contributed by atoms with Crippen LogP contribution in [-0.2, 0) is 0 Å². The van der Waals surface area contributed by atoms with Gasteiger partial charge in [0.1, 0.15) is 5.58 Å². The summed E-state index contributed by atoms with van der Waals surface area (Å²) in [6.45, 7) is 2.13. The van der Waals surface area contributed by atoms with Gasteiger partial charge in [-0.1, -0.05) is 78.4 Å². The fourth-order valence-electron chi connectivity index (χ4n) is 5.70. The summed E-state index contributed by atoms with van der Waals surface area (Å²) < 4.78 is 9.11. The first kappa shape index (κ1) is 21.5. The number of aryl methyl sites for hydroxylation is 1. The van der Waals surface area contributed by atoms with Crippen molar-refractivity contribution in [1.82, 2.24) is 0 Å². The Labute approximate surface area is 224 Å². The highest BCUT2D eigenvalue weighted by atomic mass is 32.1. The van der Waals surface area contributed by atoms with Crippen molar-refractivity contribution >= 4 is 81.3 Å². The lowest BCUT2D eigenvalue weighted by Gasteiger charge is -2.25. The minimum atomic E-state index is 0.898. The summed E-state index contributed by atoms with van der Waals surface area (Å²) in [6, 6.07) is 43.5. The average Bonchev–Trinajstić information content (AvgIpc) is 3.53.